The summed E-state index contributed by atoms with van der Waals surface area (Å²) in [6.07, 6.45) is 11.9. The van der Waals surface area contributed by atoms with E-state index in [-0.39, 0.29) is 0 Å². The minimum atomic E-state index is -0.397. The van der Waals surface area contributed by atoms with Crippen molar-refractivity contribution in [1.82, 2.24) is 5.32 Å². The van der Waals surface area contributed by atoms with Crippen molar-refractivity contribution in [3.63, 3.8) is 0 Å². The van der Waals surface area contributed by atoms with Gasteiger partial charge < -0.3 is 10.4 Å². The van der Waals surface area contributed by atoms with E-state index in [1.54, 1.807) is 0 Å². The highest BCUT2D eigenvalue weighted by atomic mass is 16.3. The minimum Gasteiger partial charge on any atom is -0.390 e. The second-order valence-corrected chi connectivity index (χ2v) is 12.5. The van der Waals surface area contributed by atoms with Crippen LogP contribution in [0, 0.1) is 40.9 Å². The fourth-order valence-corrected chi connectivity index (χ4v) is 9.29. The van der Waals surface area contributed by atoms with Gasteiger partial charge in [-0.1, -0.05) is 37.3 Å². The molecule has 2 heteroatoms. The molecule has 1 aromatic carbocycles. The lowest BCUT2D eigenvalue weighted by Crippen LogP contribution is -2.52. The highest BCUT2D eigenvalue weighted by Gasteiger charge is 2.58. The molecule has 31 heavy (non-hydrogen) atoms. The zero-order valence-electron chi connectivity index (χ0n) is 20.3. The van der Waals surface area contributed by atoms with Crippen molar-refractivity contribution in [2.24, 2.45) is 40.9 Å². The SMILES string of the molecule is C[C@@H](N[C@H](C)C1CC[C@H]2[C@@H]3CC[C@@H]4C[C@](C)(O)CC[C@@H]4[C@H]3CC[C@]12C)c1ccccc1. The Labute approximate surface area is 190 Å². The molecule has 0 aliphatic heterocycles. The summed E-state index contributed by atoms with van der Waals surface area (Å²) in [4.78, 5) is 0. The largest absolute Gasteiger partial charge is 0.390 e. The van der Waals surface area contributed by atoms with Gasteiger partial charge in [0, 0.05) is 12.1 Å². The lowest BCUT2D eigenvalue weighted by molar-refractivity contribution is -0.101. The lowest BCUT2D eigenvalue weighted by Gasteiger charge is -2.57. The number of hydrogen-bond donors (Lipinski definition) is 2. The Morgan fingerprint density at radius 1 is 0.871 bits per heavy atom. The molecule has 0 amide bonds. The number of rotatable bonds is 4. The normalized spacial score (nSPS) is 46.5. The zero-order chi connectivity index (χ0) is 21.8. The molecular weight excluding hydrogens is 378 g/mol. The van der Waals surface area contributed by atoms with Crippen molar-refractivity contribution in [2.75, 3.05) is 0 Å². The van der Waals surface area contributed by atoms with Crippen LogP contribution in [0.25, 0.3) is 0 Å². The average molecular weight is 424 g/mol. The Kier molecular flexibility index (Phi) is 5.79. The third-order valence-corrected chi connectivity index (χ3v) is 10.7. The molecule has 0 radical (unpaired) electrons. The van der Waals surface area contributed by atoms with Gasteiger partial charge in [0.05, 0.1) is 5.60 Å². The first-order valence-electron chi connectivity index (χ1n) is 13.3. The predicted molar refractivity (Wildman–Crippen MR) is 129 cm³/mol. The first-order chi connectivity index (χ1) is 14.8. The molecule has 4 aliphatic carbocycles. The monoisotopic (exact) mass is 423 g/mol. The summed E-state index contributed by atoms with van der Waals surface area (Å²) in [6, 6.07) is 11.9. The van der Waals surface area contributed by atoms with Crippen LogP contribution >= 0.6 is 0 Å². The number of hydrogen-bond acceptors (Lipinski definition) is 2. The van der Waals surface area contributed by atoms with Gasteiger partial charge in [0.25, 0.3) is 0 Å². The average Bonchev–Trinajstić information content (AvgIpc) is 3.10. The Morgan fingerprint density at radius 2 is 1.61 bits per heavy atom. The fourth-order valence-electron chi connectivity index (χ4n) is 9.29. The molecule has 5 rings (SSSR count). The van der Waals surface area contributed by atoms with Gasteiger partial charge in [-0.3, -0.25) is 0 Å². The number of aliphatic hydroxyl groups is 1. The molecule has 2 N–H and O–H groups in total. The van der Waals surface area contributed by atoms with Crippen molar-refractivity contribution in [2.45, 2.75) is 103 Å². The third-order valence-electron chi connectivity index (χ3n) is 10.7. The van der Waals surface area contributed by atoms with Crippen LogP contribution in [0.4, 0.5) is 0 Å². The first kappa shape index (κ1) is 22.0. The lowest BCUT2D eigenvalue weighted by atomic mass is 9.49. The molecule has 0 aromatic heterocycles. The van der Waals surface area contributed by atoms with E-state index in [1.807, 2.05) is 0 Å². The Bertz CT molecular complexity index is 759. The molecule has 172 valence electrons. The van der Waals surface area contributed by atoms with E-state index in [1.165, 1.54) is 50.5 Å². The van der Waals surface area contributed by atoms with Crippen LogP contribution in [0.5, 0.6) is 0 Å². The molecule has 0 heterocycles. The van der Waals surface area contributed by atoms with E-state index in [4.69, 9.17) is 0 Å². The Hall–Kier alpha value is -0.860. The van der Waals surface area contributed by atoms with Gasteiger partial charge >= 0.3 is 0 Å². The summed E-state index contributed by atoms with van der Waals surface area (Å²) in [5.74, 6) is 5.31. The number of benzene rings is 1. The van der Waals surface area contributed by atoms with Crippen LogP contribution in [-0.2, 0) is 0 Å². The zero-order valence-corrected chi connectivity index (χ0v) is 20.3. The van der Waals surface area contributed by atoms with E-state index < -0.39 is 5.60 Å². The quantitative estimate of drug-likeness (QED) is 0.561. The summed E-state index contributed by atoms with van der Waals surface area (Å²) >= 11 is 0. The van der Waals surface area contributed by atoms with Crippen LogP contribution in [-0.4, -0.2) is 16.7 Å². The molecule has 4 saturated carbocycles. The van der Waals surface area contributed by atoms with Crippen LogP contribution in [0.1, 0.15) is 97.1 Å². The summed E-state index contributed by atoms with van der Waals surface area (Å²) in [6.45, 7) is 9.54. The molecule has 0 saturated heterocycles. The molecule has 2 nitrogen and oxygen atoms in total. The number of nitrogens with one attached hydrogen (secondary N) is 1. The van der Waals surface area contributed by atoms with Crippen molar-refractivity contribution in [3.05, 3.63) is 35.9 Å². The molecule has 4 aliphatic rings. The van der Waals surface area contributed by atoms with E-state index in [0.29, 0.717) is 17.5 Å². The standard InChI is InChI=1S/C29H45NO/c1-19(21-8-6-5-7-9-21)30-20(2)26-12-13-27-25-11-10-22-18-28(3,31)16-14-23(22)24(25)15-17-29(26,27)4/h5-9,19-20,22-27,30-31H,10-18H2,1-4H3/t19-,20-,22-,23+,24-,25-,26?,27+,28-,29-/m1/s1. The summed E-state index contributed by atoms with van der Waals surface area (Å²) < 4.78 is 0. The molecule has 0 bridgehead atoms. The molecule has 1 aromatic rings. The molecule has 0 spiro atoms. The van der Waals surface area contributed by atoms with Crippen LogP contribution in [0.3, 0.4) is 0 Å². The smallest absolute Gasteiger partial charge is 0.0622 e. The van der Waals surface area contributed by atoms with Gasteiger partial charge in [0.1, 0.15) is 0 Å². The van der Waals surface area contributed by atoms with Gasteiger partial charge in [-0.2, -0.15) is 0 Å². The summed E-state index contributed by atoms with van der Waals surface area (Å²) in [7, 11) is 0. The maximum absolute atomic E-state index is 10.6. The summed E-state index contributed by atoms with van der Waals surface area (Å²) in [5.41, 5.74) is 1.52. The van der Waals surface area contributed by atoms with E-state index in [2.05, 4.69) is 63.3 Å². The highest BCUT2D eigenvalue weighted by molar-refractivity contribution is 5.18. The van der Waals surface area contributed by atoms with Gasteiger partial charge in [-0.25, -0.2) is 0 Å². The predicted octanol–water partition coefficient (Wildman–Crippen LogP) is 6.75. The van der Waals surface area contributed by atoms with Crippen molar-refractivity contribution in [1.29, 1.82) is 0 Å². The summed E-state index contributed by atoms with van der Waals surface area (Å²) in [5, 5.41) is 14.6. The van der Waals surface area contributed by atoms with Crippen molar-refractivity contribution >= 4 is 0 Å². The van der Waals surface area contributed by atoms with Crippen molar-refractivity contribution in [3.8, 4) is 0 Å². The Balaban J connectivity index is 1.28. The van der Waals surface area contributed by atoms with E-state index in [9.17, 15) is 5.11 Å². The highest BCUT2D eigenvalue weighted by Crippen LogP contribution is 2.65. The first-order valence-corrected chi connectivity index (χ1v) is 13.3. The molecule has 10 atom stereocenters. The van der Waals surface area contributed by atoms with Crippen LogP contribution in [0.2, 0.25) is 0 Å². The molecule has 4 fully saturated rings. The maximum Gasteiger partial charge on any atom is 0.0622 e. The van der Waals surface area contributed by atoms with Gasteiger partial charge in [0.15, 0.2) is 0 Å². The minimum absolute atomic E-state index is 0.397. The molecular formula is C29H45NO. The van der Waals surface area contributed by atoms with Crippen molar-refractivity contribution < 1.29 is 5.11 Å². The van der Waals surface area contributed by atoms with Gasteiger partial charge in [0.2, 0.25) is 0 Å². The van der Waals surface area contributed by atoms with Crippen LogP contribution in [0.15, 0.2) is 30.3 Å². The Morgan fingerprint density at radius 3 is 2.39 bits per heavy atom. The van der Waals surface area contributed by atoms with E-state index >= 15 is 0 Å². The van der Waals surface area contributed by atoms with Crippen LogP contribution < -0.4 is 5.32 Å². The van der Waals surface area contributed by atoms with Gasteiger partial charge in [-0.05, 0) is 125 Å². The number of fused-ring (bicyclic) bond motifs is 5. The second kappa shape index (κ2) is 8.17. The van der Waals surface area contributed by atoms with E-state index in [0.717, 1.165) is 48.3 Å². The third kappa shape index (κ3) is 3.90. The topological polar surface area (TPSA) is 32.3 Å². The fraction of sp³-hybridized carbons (Fsp3) is 0.793. The van der Waals surface area contributed by atoms with Gasteiger partial charge in [-0.15, -0.1) is 0 Å². The second-order valence-electron chi connectivity index (χ2n) is 12.5. The maximum atomic E-state index is 10.6. The molecule has 1 unspecified atom stereocenters.